The highest BCUT2D eigenvalue weighted by atomic mass is 35.5. The van der Waals surface area contributed by atoms with Crippen LogP contribution < -0.4 is 14.4 Å². The highest BCUT2D eigenvalue weighted by Crippen LogP contribution is 2.31. The number of nitrogens with one attached hydrogen (secondary N) is 1. The van der Waals surface area contributed by atoms with E-state index in [1.165, 1.54) is 0 Å². The van der Waals surface area contributed by atoms with Crippen molar-refractivity contribution in [2.75, 3.05) is 30.3 Å². The third kappa shape index (κ3) is 6.65. The van der Waals surface area contributed by atoms with E-state index in [0.29, 0.717) is 0 Å². The highest BCUT2D eigenvalue weighted by molar-refractivity contribution is 7.92. The molecule has 6 nitrogen and oxygen atoms in total. The fourth-order valence-corrected chi connectivity index (χ4v) is 3.94. The Balaban J connectivity index is 1.95. The second-order valence-corrected chi connectivity index (χ2v) is 9.98. The van der Waals surface area contributed by atoms with Crippen LogP contribution in [0.15, 0.2) is 48.5 Å². The zero-order chi connectivity index (χ0) is 21.7. The average molecular weight is 439 g/mol. The van der Waals surface area contributed by atoms with E-state index < -0.39 is 15.9 Å². The summed E-state index contributed by atoms with van der Waals surface area (Å²) in [5.41, 5.74) is 1.28. The summed E-state index contributed by atoms with van der Waals surface area (Å²) in [6, 6.07) is 14.3. The van der Waals surface area contributed by atoms with Gasteiger partial charge in [0.25, 0.3) is 0 Å². The number of para-hydroxylation sites is 2. The Morgan fingerprint density at radius 2 is 1.72 bits per heavy atom. The third-order valence-corrected chi connectivity index (χ3v) is 5.63. The van der Waals surface area contributed by atoms with Crippen molar-refractivity contribution in [3.8, 4) is 5.75 Å². The Hall–Kier alpha value is -2.25. The second kappa shape index (κ2) is 9.50. The topological polar surface area (TPSA) is 75.7 Å². The minimum absolute atomic E-state index is 0.0647. The maximum atomic E-state index is 12.3. The Bertz CT molecular complexity index is 955. The molecule has 1 amide bonds. The number of sulfonamides is 1. The van der Waals surface area contributed by atoms with Gasteiger partial charge in [-0.15, -0.1) is 0 Å². The fourth-order valence-electron chi connectivity index (χ4n) is 2.78. The zero-order valence-electron chi connectivity index (χ0n) is 17.1. The van der Waals surface area contributed by atoms with E-state index in [4.69, 9.17) is 16.3 Å². The number of nitrogens with zero attached hydrogens (tertiary/aromatic N) is 1. The summed E-state index contributed by atoms with van der Waals surface area (Å²) in [7, 11) is -3.67. The van der Waals surface area contributed by atoms with Crippen molar-refractivity contribution in [1.29, 1.82) is 0 Å². The number of anilines is 1. The number of hydrogen-bond donors (Lipinski definition) is 1. The molecule has 0 saturated carbocycles. The van der Waals surface area contributed by atoms with Crippen molar-refractivity contribution in [1.82, 2.24) is 5.32 Å². The van der Waals surface area contributed by atoms with Gasteiger partial charge in [-0.25, -0.2) is 8.42 Å². The predicted molar refractivity (Wildman–Crippen MR) is 117 cm³/mol. The van der Waals surface area contributed by atoms with Gasteiger partial charge in [0.15, 0.2) is 0 Å². The van der Waals surface area contributed by atoms with Crippen LogP contribution in [0.25, 0.3) is 0 Å². The molecule has 2 rings (SSSR count). The molecule has 29 heavy (non-hydrogen) atoms. The van der Waals surface area contributed by atoms with Crippen LogP contribution in [0.4, 0.5) is 5.69 Å². The van der Waals surface area contributed by atoms with E-state index >= 15 is 0 Å². The van der Waals surface area contributed by atoms with Crippen LogP contribution in [0.3, 0.4) is 0 Å². The number of ether oxygens (including phenoxy) is 1. The molecule has 0 aliphatic heterocycles. The highest BCUT2D eigenvalue weighted by Gasteiger charge is 2.23. The summed E-state index contributed by atoms with van der Waals surface area (Å²) < 4.78 is 31.1. The number of carbonyl (C=O) groups excluding carboxylic acids is 1. The Kier molecular flexibility index (Phi) is 7.54. The average Bonchev–Trinajstić information content (AvgIpc) is 2.63. The van der Waals surface area contributed by atoms with Crippen molar-refractivity contribution < 1.29 is 17.9 Å². The molecule has 0 fully saturated rings. The van der Waals surface area contributed by atoms with Gasteiger partial charge in [-0.3, -0.25) is 9.10 Å². The molecule has 0 aliphatic carbocycles. The standard InChI is InChI=1S/C21H27ClN2O4S/c1-21(2,3)16-9-5-8-12-19(16)28-14-13-23-20(25)15-24(29(4,26)27)18-11-7-6-10-17(18)22/h5-12H,13-15H2,1-4H3,(H,23,25). The van der Waals surface area contributed by atoms with E-state index in [1.807, 2.05) is 24.3 Å². The molecule has 0 heterocycles. The largest absolute Gasteiger partial charge is 0.491 e. The number of hydrogen-bond acceptors (Lipinski definition) is 4. The molecular formula is C21H27ClN2O4S. The van der Waals surface area contributed by atoms with Crippen molar-refractivity contribution >= 4 is 33.2 Å². The molecular weight excluding hydrogens is 412 g/mol. The molecule has 0 aliphatic rings. The van der Waals surface area contributed by atoms with Crippen LogP contribution in [-0.4, -0.2) is 40.3 Å². The molecule has 8 heteroatoms. The van der Waals surface area contributed by atoms with Gasteiger partial charge >= 0.3 is 0 Å². The summed E-state index contributed by atoms with van der Waals surface area (Å²) in [5.74, 6) is 0.325. The van der Waals surface area contributed by atoms with Gasteiger partial charge in [-0.1, -0.05) is 62.7 Å². The first kappa shape index (κ1) is 23.0. The van der Waals surface area contributed by atoms with Crippen LogP contribution in [0.1, 0.15) is 26.3 Å². The van der Waals surface area contributed by atoms with E-state index in [1.54, 1.807) is 24.3 Å². The molecule has 0 bridgehead atoms. The molecule has 0 atom stereocenters. The monoisotopic (exact) mass is 438 g/mol. The van der Waals surface area contributed by atoms with Gasteiger partial charge in [0.1, 0.15) is 18.9 Å². The normalized spacial score (nSPS) is 11.8. The molecule has 0 radical (unpaired) electrons. The van der Waals surface area contributed by atoms with E-state index in [2.05, 4.69) is 26.1 Å². The molecule has 0 unspecified atom stereocenters. The van der Waals surface area contributed by atoms with Crippen LogP contribution in [0.2, 0.25) is 5.02 Å². The lowest BCUT2D eigenvalue weighted by Gasteiger charge is -2.23. The number of amides is 1. The van der Waals surface area contributed by atoms with Gasteiger partial charge in [0.2, 0.25) is 15.9 Å². The minimum Gasteiger partial charge on any atom is -0.491 e. The summed E-state index contributed by atoms with van der Waals surface area (Å²) in [4.78, 5) is 12.3. The van der Waals surface area contributed by atoms with Crippen molar-refractivity contribution in [2.24, 2.45) is 0 Å². The Morgan fingerprint density at radius 1 is 1.10 bits per heavy atom. The lowest BCUT2D eigenvalue weighted by molar-refractivity contribution is -0.119. The maximum absolute atomic E-state index is 12.3. The second-order valence-electron chi connectivity index (χ2n) is 7.67. The molecule has 0 spiro atoms. The predicted octanol–water partition coefficient (Wildman–Crippen LogP) is 3.60. The first-order valence-electron chi connectivity index (χ1n) is 9.21. The Morgan fingerprint density at radius 3 is 2.34 bits per heavy atom. The number of carbonyl (C=O) groups is 1. The van der Waals surface area contributed by atoms with Crippen LogP contribution in [0, 0.1) is 0 Å². The summed E-state index contributed by atoms with van der Waals surface area (Å²) in [6.07, 6.45) is 1.04. The van der Waals surface area contributed by atoms with Gasteiger partial charge in [-0.05, 0) is 29.2 Å². The van der Waals surface area contributed by atoms with Gasteiger partial charge in [-0.2, -0.15) is 0 Å². The molecule has 0 aromatic heterocycles. The summed E-state index contributed by atoms with van der Waals surface area (Å²) in [5, 5.41) is 2.95. The molecule has 2 aromatic carbocycles. The molecule has 2 aromatic rings. The van der Waals surface area contributed by atoms with Crippen molar-refractivity contribution in [3.63, 3.8) is 0 Å². The maximum Gasteiger partial charge on any atom is 0.240 e. The van der Waals surface area contributed by atoms with Gasteiger partial charge in [0, 0.05) is 0 Å². The number of halogens is 1. The van der Waals surface area contributed by atoms with Crippen LogP contribution >= 0.6 is 11.6 Å². The first-order chi connectivity index (χ1) is 13.5. The van der Waals surface area contributed by atoms with Crippen molar-refractivity contribution in [3.05, 3.63) is 59.1 Å². The lowest BCUT2D eigenvalue weighted by atomic mass is 9.86. The van der Waals surface area contributed by atoms with E-state index in [0.717, 1.165) is 21.9 Å². The molecule has 1 N–H and O–H groups in total. The third-order valence-electron chi connectivity index (χ3n) is 4.19. The minimum atomic E-state index is -3.67. The van der Waals surface area contributed by atoms with Gasteiger partial charge < -0.3 is 10.1 Å². The summed E-state index contributed by atoms with van der Waals surface area (Å²) >= 11 is 6.10. The number of benzene rings is 2. The SMILES string of the molecule is CC(C)(C)c1ccccc1OCCNC(=O)CN(c1ccccc1Cl)S(C)(=O)=O. The zero-order valence-corrected chi connectivity index (χ0v) is 18.7. The van der Waals surface area contributed by atoms with E-state index in [9.17, 15) is 13.2 Å². The van der Waals surface area contributed by atoms with E-state index in [-0.39, 0.29) is 35.8 Å². The lowest BCUT2D eigenvalue weighted by Crippen LogP contribution is -2.41. The quantitative estimate of drug-likeness (QED) is 0.639. The summed E-state index contributed by atoms with van der Waals surface area (Å²) in [6.45, 7) is 6.46. The fraction of sp³-hybridized carbons (Fsp3) is 0.381. The molecule has 158 valence electrons. The smallest absolute Gasteiger partial charge is 0.240 e. The van der Waals surface area contributed by atoms with Crippen LogP contribution in [0.5, 0.6) is 5.75 Å². The van der Waals surface area contributed by atoms with Crippen LogP contribution in [-0.2, 0) is 20.2 Å². The van der Waals surface area contributed by atoms with Crippen molar-refractivity contribution in [2.45, 2.75) is 26.2 Å². The van der Waals surface area contributed by atoms with Gasteiger partial charge in [0.05, 0.1) is 23.5 Å². The first-order valence-corrected chi connectivity index (χ1v) is 11.4. The Labute approximate surface area is 177 Å². The molecule has 0 saturated heterocycles. The number of rotatable bonds is 8.